The molecule has 1 N–H and O–H groups in total. The van der Waals surface area contributed by atoms with Crippen molar-refractivity contribution in [2.24, 2.45) is 0 Å². The maximum absolute atomic E-state index is 12.2. The molecule has 0 atom stereocenters. The van der Waals surface area contributed by atoms with Crippen LogP contribution < -0.4 is 0 Å². The molecule has 0 unspecified atom stereocenters. The smallest absolute Gasteiger partial charge is 0.245 e. The Labute approximate surface area is 119 Å². The maximum atomic E-state index is 12.2. The first-order chi connectivity index (χ1) is 9.16. The van der Waals surface area contributed by atoms with E-state index in [9.17, 15) is 16.8 Å². The fourth-order valence-corrected chi connectivity index (χ4v) is 3.28. The Balaban J connectivity index is 2.79. The van der Waals surface area contributed by atoms with Gasteiger partial charge < -0.3 is 5.11 Å². The van der Waals surface area contributed by atoms with Crippen molar-refractivity contribution in [1.82, 2.24) is 14.1 Å². The van der Waals surface area contributed by atoms with E-state index in [0.29, 0.717) is 13.0 Å². The van der Waals surface area contributed by atoms with Gasteiger partial charge in [-0.3, -0.25) is 4.68 Å². The Hall–Kier alpha value is -0.970. The van der Waals surface area contributed by atoms with Gasteiger partial charge in [-0.15, -0.1) is 0 Å². The van der Waals surface area contributed by atoms with Crippen LogP contribution >= 0.6 is 0 Å². The van der Waals surface area contributed by atoms with E-state index in [4.69, 9.17) is 5.11 Å². The molecule has 0 aliphatic heterocycles. The Kier molecular flexibility index (Phi) is 5.68. The standard InChI is InChI=1S/C10H19N3O5S2/c1-12(5-7-19(2,15)16)20(17,18)10-8-11-13(9-10)4-3-6-14/h8-9,14H,3-7H2,1-2H3. The van der Waals surface area contributed by atoms with Crippen LogP contribution in [0.2, 0.25) is 0 Å². The van der Waals surface area contributed by atoms with Crippen LogP contribution in [-0.2, 0) is 26.4 Å². The lowest BCUT2D eigenvalue weighted by atomic mass is 10.5. The summed E-state index contributed by atoms with van der Waals surface area (Å²) in [7, 11) is -5.64. The molecule has 1 heterocycles. The van der Waals surface area contributed by atoms with Gasteiger partial charge in [0.2, 0.25) is 10.0 Å². The summed E-state index contributed by atoms with van der Waals surface area (Å²) in [6.07, 6.45) is 4.11. The minimum absolute atomic E-state index is 0.00376. The highest BCUT2D eigenvalue weighted by Gasteiger charge is 2.23. The maximum Gasteiger partial charge on any atom is 0.245 e. The molecule has 1 aromatic rings. The molecule has 1 rings (SSSR count). The number of sulfonamides is 1. The van der Waals surface area contributed by atoms with Crippen molar-refractivity contribution in [1.29, 1.82) is 0 Å². The normalized spacial score (nSPS) is 13.0. The van der Waals surface area contributed by atoms with Gasteiger partial charge in [0.1, 0.15) is 14.7 Å². The van der Waals surface area contributed by atoms with Gasteiger partial charge in [0.05, 0.1) is 11.9 Å². The third-order valence-corrected chi connectivity index (χ3v) is 5.37. The molecule has 0 bridgehead atoms. The number of hydrogen-bond donors (Lipinski definition) is 1. The molecule has 0 radical (unpaired) electrons. The van der Waals surface area contributed by atoms with Gasteiger partial charge in [-0.1, -0.05) is 0 Å². The monoisotopic (exact) mass is 325 g/mol. The van der Waals surface area contributed by atoms with Gasteiger partial charge in [-0.05, 0) is 6.42 Å². The van der Waals surface area contributed by atoms with E-state index in [2.05, 4.69) is 5.10 Å². The fourth-order valence-electron chi connectivity index (χ4n) is 1.43. The van der Waals surface area contributed by atoms with E-state index in [1.165, 1.54) is 24.1 Å². The third kappa shape index (κ3) is 4.85. The van der Waals surface area contributed by atoms with Crippen LogP contribution in [0.4, 0.5) is 0 Å². The van der Waals surface area contributed by atoms with Crippen molar-refractivity contribution in [3.05, 3.63) is 12.4 Å². The van der Waals surface area contributed by atoms with Crippen LogP contribution in [-0.4, -0.2) is 68.2 Å². The van der Waals surface area contributed by atoms with E-state index in [0.717, 1.165) is 10.6 Å². The number of sulfone groups is 1. The number of aromatic nitrogens is 2. The lowest BCUT2D eigenvalue weighted by Crippen LogP contribution is -2.31. The summed E-state index contributed by atoms with van der Waals surface area (Å²) < 4.78 is 48.9. The molecular weight excluding hydrogens is 306 g/mol. The Morgan fingerprint density at radius 1 is 1.35 bits per heavy atom. The van der Waals surface area contributed by atoms with Crippen molar-refractivity contribution in [2.45, 2.75) is 17.9 Å². The predicted molar refractivity (Wildman–Crippen MR) is 73.5 cm³/mol. The lowest BCUT2D eigenvalue weighted by molar-refractivity contribution is 0.277. The number of rotatable bonds is 8. The minimum Gasteiger partial charge on any atom is -0.396 e. The number of aryl methyl sites for hydroxylation is 1. The zero-order chi connectivity index (χ0) is 15.4. The number of hydrogen-bond acceptors (Lipinski definition) is 6. The largest absolute Gasteiger partial charge is 0.396 e. The van der Waals surface area contributed by atoms with Crippen molar-refractivity contribution in [2.75, 3.05) is 32.2 Å². The van der Waals surface area contributed by atoms with Crippen LogP contribution in [0.25, 0.3) is 0 Å². The van der Waals surface area contributed by atoms with Crippen molar-refractivity contribution >= 4 is 19.9 Å². The van der Waals surface area contributed by atoms with Crippen molar-refractivity contribution < 1.29 is 21.9 Å². The number of aliphatic hydroxyl groups is 1. The van der Waals surface area contributed by atoms with Crippen LogP contribution in [0, 0.1) is 0 Å². The van der Waals surface area contributed by atoms with E-state index in [1.54, 1.807) is 0 Å². The first-order valence-corrected chi connectivity index (χ1v) is 9.44. The second-order valence-electron chi connectivity index (χ2n) is 4.47. The molecule has 0 aromatic carbocycles. The second-order valence-corrected chi connectivity index (χ2v) is 8.78. The van der Waals surface area contributed by atoms with Gasteiger partial charge >= 0.3 is 0 Å². The highest BCUT2D eigenvalue weighted by atomic mass is 32.2. The average molecular weight is 325 g/mol. The quantitative estimate of drug-likeness (QED) is 0.652. The summed E-state index contributed by atoms with van der Waals surface area (Å²) in [6.45, 7) is 0.304. The highest BCUT2D eigenvalue weighted by Crippen LogP contribution is 2.13. The summed E-state index contributed by atoms with van der Waals surface area (Å²) >= 11 is 0. The fraction of sp³-hybridized carbons (Fsp3) is 0.700. The van der Waals surface area contributed by atoms with Crippen LogP contribution in [0.1, 0.15) is 6.42 Å². The third-order valence-electron chi connectivity index (χ3n) is 2.64. The lowest BCUT2D eigenvalue weighted by Gasteiger charge is -2.15. The SMILES string of the molecule is CN(CCS(C)(=O)=O)S(=O)(=O)c1cnn(CCCO)c1. The first kappa shape index (κ1) is 17.1. The molecule has 0 spiro atoms. The topological polar surface area (TPSA) is 110 Å². The number of aliphatic hydroxyl groups excluding tert-OH is 1. The predicted octanol–water partition coefficient (Wildman–Crippen LogP) is -1.07. The van der Waals surface area contributed by atoms with E-state index in [-0.39, 0.29) is 23.8 Å². The summed E-state index contributed by atoms with van der Waals surface area (Å²) in [5.74, 6) is -0.235. The summed E-state index contributed by atoms with van der Waals surface area (Å²) in [4.78, 5) is 0.00596. The molecule has 0 saturated heterocycles. The van der Waals surface area contributed by atoms with Crippen LogP contribution in [0.3, 0.4) is 0 Å². The van der Waals surface area contributed by atoms with Crippen LogP contribution in [0.15, 0.2) is 17.3 Å². The van der Waals surface area contributed by atoms with Crippen LogP contribution in [0.5, 0.6) is 0 Å². The van der Waals surface area contributed by atoms with Gasteiger partial charge in [0.25, 0.3) is 0 Å². The van der Waals surface area contributed by atoms with Gasteiger partial charge in [-0.25, -0.2) is 16.8 Å². The summed E-state index contributed by atoms with van der Waals surface area (Å²) in [5.41, 5.74) is 0. The van der Waals surface area contributed by atoms with E-state index < -0.39 is 19.9 Å². The Morgan fingerprint density at radius 3 is 2.55 bits per heavy atom. The zero-order valence-corrected chi connectivity index (χ0v) is 13.1. The average Bonchev–Trinajstić information content (AvgIpc) is 2.81. The summed E-state index contributed by atoms with van der Waals surface area (Å²) in [6, 6.07) is 0. The number of nitrogens with zero attached hydrogens (tertiary/aromatic N) is 3. The molecular formula is C10H19N3O5S2. The molecule has 0 aliphatic carbocycles. The van der Waals surface area contributed by atoms with Gasteiger partial charge in [-0.2, -0.15) is 9.40 Å². The molecule has 0 aliphatic rings. The highest BCUT2D eigenvalue weighted by molar-refractivity contribution is 7.91. The van der Waals surface area contributed by atoms with Gasteiger partial charge in [0.15, 0.2) is 0 Å². The van der Waals surface area contributed by atoms with E-state index in [1.807, 2.05) is 0 Å². The minimum atomic E-state index is -3.74. The molecule has 116 valence electrons. The molecule has 20 heavy (non-hydrogen) atoms. The van der Waals surface area contributed by atoms with Gasteiger partial charge in [0, 0.05) is 39.2 Å². The molecule has 8 nitrogen and oxygen atoms in total. The summed E-state index contributed by atoms with van der Waals surface area (Å²) in [5, 5.41) is 12.6. The molecule has 0 fully saturated rings. The molecule has 10 heteroatoms. The second kappa shape index (κ2) is 6.66. The Morgan fingerprint density at radius 2 is 2.00 bits per heavy atom. The zero-order valence-electron chi connectivity index (χ0n) is 11.4. The molecule has 0 saturated carbocycles. The first-order valence-electron chi connectivity index (χ1n) is 5.94. The molecule has 0 amide bonds. The van der Waals surface area contributed by atoms with E-state index >= 15 is 0 Å². The van der Waals surface area contributed by atoms with Crippen molar-refractivity contribution in [3.63, 3.8) is 0 Å². The molecule has 1 aromatic heterocycles. The Bertz CT molecular complexity index is 636. The van der Waals surface area contributed by atoms with Crippen molar-refractivity contribution in [3.8, 4) is 0 Å².